The number of benzene rings is 1. The number of carbonyl (C=O) groups excluding carboxylic acids is 1. The van der Waals surface area contributed by atoms with E-state index < -0.39 is 5.54 Å². The smallest absolute Gasteiger partial charge is 0.251 e. The molecular weight excluding hydrogens is 240 g/mol. The molecule has 0 heterocycles. The fourth-order valence-electron chi connectivity index (χ4n) is 2.56. The molecule has 2 N–H and O–H groups in total. The maximum atomic E-state index is 12.2. The Morgan fingerprint density at radius 2 is 1.89 bits per heavy atom. The monoisotopic (exact) mass is 258 g/mol. The van der Waals surface area contributed by atoms with E-state index in [1.54, 1.807) is 24.3 Å². The van der Waals surface area contributed by atoms with E-state index in [0.29, 0.717) is 11.1 Å². The molecule has 100 valence electrons. The number of rotatable bonds is 3. The molecule has 0 atom stereocenters. The summed E-state index contributed by atoms with van der Waals surface area (Å²) in [6.45, 7) is -0.0188. The second kappa shape index (κ2) is 5.85. The van der Waals surface area contributed by atoms with Crippen molar-refractivity contribution in [3.8, 4) is 6.07 Å². The predicted molar refractivity (Wildman–Crippen MR) is 71.5 cm³/mol. The quantitative estimate of drug-likeness (QED) is 0.870. The Morgan fingerprint density at radius 1 is 1.26 bits per heavy atom. The summed E-state index contributed by atoms with van der Waals surface area (Å²) in [4.78, 5) is 12.2. The zero-order valence-corrected chi connectivity index (χ0v) is 10.9. The van der Waals surface area contributed by atoms with Crippen LogP contribution in [0.4, 0.5) is 0 Å². The molecule has 2 rings (SSSR count). The van der Waals surface area contributed by atoms with Gasteiger partial charge in [-0.2, -0.15) is 5.26 Å². The summed E-state index contributed by atoms with van der Waals surface area (Å²) in [5.41, 5.74) is 0.590. The zero-order chi connectivity index (χ0) is 13.7. The summed E-state index contributed by atoms with van der Waals surface area (Å²) in [6, 6.07) is 8.56. The first-order valence-electron chi connectivity index (χ1n) is 6.63. The number of nitriles is 1. The number of carbonyl (C=O) groups is 1. The summed E-state index contributed by atoms with van der Waals surface area (Å²) in [6.07, 6.45) is 4.88. The number of hydrogen-bond donors (Lipinski definition) is 2. The second-order valence-electron chi connectivity index (χ2n) is 5.14. The molecule has 1 fully saturated rings. The van der Waals surface area contributed by atoms with Crippen LogP contribution >= 0.6 is 0 Å². The molecule has 4 heteroatoms. The normalized spacial score (nSPS) is 17.5. The molecule has 0 aromatic heterocycles. The molecule has 1 aromatic carbocycles. The summed E-state index contributed by atoms with van der Waals surface area (Å²) in [5, 5.41) is 21.2. The molecule has 1 amide bonds. The Balaban J connectivity index is 2.08. The number of nitrogens with zero attached hydrogens (tertiary/aromatic N) is 1. The lowest BCUT2D eigenvalue weighted by Gasteiger charge is -2.36. The Hall–Kier alpha value is -1.86. The van der Waals surface area contributed by atoms with Gasteiger partial charge in [-0.15, -0.1) is 0 Å². The van der Waals surface area contributed by atoms with E-state index in [0.717, 1.165) is 32.1 Å². The number of hydrogen-bond acceptors (Lipinski definition) is 3. The van der Waals surface area contributed by atoms with Gasteiger partial charge in [0.2, 0.25) is 0 Å². The molecule has 19 heavy (non-hydrogen) atoms. The Kier molecular flexibility index (Phi) is 4.18. The van der Waals surface area contributed by atoms with Gasteiger partial charge in [0.25, 0.3) is 5.91 Å². The van der Waals surface area contributed by atoms with Gasteiger partial charge in [-0.25, -0.2) is 0 Å². The van der Waals surface area contributed by atoms with Gasteiger partial charge < -0.3 is 10.4 Å². The van der Waals surface area contributed by atoms with Crippen LogP contribution < -0.4 is 5.32 Å². The van der Waals surface area contributed by atoms with Crippen LogP contribution in [-0.2, 0) is 0 Å². The maximum absolute atomic E-state index is 12.2. The third-order valence-electron chi connectivity index (χ3n) is 3.77. The topological polar surface area (TPSA) is 73.1 Å². The van der Waals surface area contributed by atoms with Gasteiger partial charge in [-0.3, -0.25) is 4.79 Å². The van der Waals surface area contributed by atoms with Crippen LogP contribution in [0.15, 0.2) is 24.3 Å². The zero-order valence-electron chi connectivity index (χ0n) is 10.9. The van der Waals surface area contributed by atoms with Gasteiger partial charge in [-0.1, -0.05) is 19.3 Å². The molecule has 1 saturated carbocycles. The molecule has 1 aliphatic carbocycles. The van der Waals surface area contributed by atoms with E-state index in [2.05, 4.69) is 5.32 Å². The highest BCUT2D eigenvalue weighted by Gasteiger charge is 2.33. The first-order valence-corrected chi connectivity index (χ1v) is 6.63. The average Bonchev–Trinajstić information content (AvgIpc) is 2.48. The van der Waals surface area contributed by atoms with Gasteiger partial charge in [-0.05, 0) is 37.1 Å². The van der Waals surface area contributed by atoms with Crippen LogP contribution in [0, 0.1) is 11.3 Å². The predicted octanol–water partition coefficient (Wildman–Crippen LogP) is 1.98. The van der Waals surface area contributed by atoms with E-state index in [9.17, 15) is 9.90 Å². The minimum Gasteiger partial charge on any atom is -0.394 e. The van der Waals surface area contributed by atoms with Gasteiger partial charge >= 0.3 is 0 Å². The lowest BCUT2D eigenvalue weighted by molar-refractivity contribution is 0.0758. The Labute approximate surface area is 113 Å². The highest BCUT2D eigenvalue weighted by Crippen LogP contribution is 2.28. The van der Waals surface area contributed by atoms with Gasteiger partial charge in [0.05, 0.1) is 23.8 Å². The van der Waals surface area contributed by atoms with Crippen LogP contribution in [-0.4, -0.2) is 23.2 Å². The fraction of sp³-hybridized carbons (Fsp3) is 0.467. The van der Waals surface area contributed by atoms with E-state index in [-0.39, 0.29) is 12.5 Å². The molecule has 0 unspecified atom stereocenters. The van der Waals surface area contributed by atoms with Crippen LogP contribution in [0.3, 0.4) is 0 Å². The molecule has 4 nitrogen and oxygen atoms in total. The lowest BCUT2D eigenvalue weighted by Crippen LogP contribution is -2.52. The summed E-state index contributed by atoms with van der Waals surface area (Å²) < 4.78 is 0. The molecule has 0 saturated heterocycles. The van der Waals surface area contributed by atoms with Crippen LogP contribution in [0.2, 0.25) is 0 Å². The van der Waals surface area contributed by atoms with E-state index in [1.165, 1.54) is 0 Å². The Morgan fingerprint density at radius 3 is 2.42 bits per heavy atom. The first kappa shape index (κ1) is 13.6. The van der Waals surface area contributed by atoms with Crippen molar-refractivity contribution >= 4 is 5.91 Å². The summed E-state index contributed by atoms with van der Waals surface area (Å²) in [5.74, 6) is -0.180. The Bertz CT molecular complexity index is 482. The van der Waals surface area contributed by atoms with E-state index in [4.69, 9.17) is 5.26 Å². The minimum atomic E-state index is -0.469. The van der Waals surface area contributed by atoms with Crippen LogP contribution in [0.1, 0.15) is 48.0 Å². The molecule has 0 bridgehead atoms. The van der Waals surface area contributed by atoms with Gasteiger partial charge in [0.1, 0.15) is 0 Å². The standard InChI is InChI=1S/C15H18N2O2/c16-10-12-4-6-13(7-5-12)14(19)17-15(11-18)8-2-1-3-9-15/h4-7,18H,1-3,8-9,11H2,(H,17,19). The van der Waals surface area contributed by atoms with Crippen LogP contribution in [0.5, 0.6) is 0 Å². The van der Waals surface area contributed by atoms with Gasteiger partial charge in [0, 0.05) is 5.56 Å². The van der Waals surface area contributed by atoms with Crippen molar-refractivity contribution < 1.29 is 9.90 Å². The minimum absolute atomic E-state index is 0.0188. The van der Waals surface area contributed by atoms with Crippen molar-refractivity contribution in [2.24, 2.45) is 0 Å². The SMILES string of the molecule is N#Cc1ccc(C(=O)NC2(CO)CCCCC2)cc1. The largest absolute Gasteiger partial charge is 0.394 e. The van der Waals surface area contributed by atoms with Crippen molar-refractivity contribution in [3.05, 3.63) is 35.4 Å². The molecule has 0 spiro atoms. The highest BCUT2D eigenvalue weighted by atomic mass is 16.3. The van der Waals surface area contributed by atoms with E-state index in [1.807, 2.05) is 6.07 Å². The molecule has 1 aliphatic rings. The summed E-state index contributed by atoms with van der Waals surface area (Å²) in [7, 11) is 0. The molecule has 1 aromatic rings. The number of aliphatic hydroxyl groups excluding tert-OH is 1. The number of amides is 1. The fourth-order valence-corrected chi connectivity index (χ4v) is 2.56. The third kappa shape index (κ3) is 3.12. The summed E-state index contributed by atoms with van der Waals surface area (Å²) >= 11 is 0. The average molecular weight is 258 g/mol. The first-order chi connectivity index (χ1) is 9.19. The van der Waals surface area contributed by atoms with Crippen molar-refractivity contribution in [3.63, 3.8) is 0 Å². The third-order valence-corrected chi connectivity index (χ3v) is 3.77. The van der Waals surface area contributed by atoms with E-state index >= 15 is 0 Å². The van der Waals surface area contributed by atoms with Crippen LogP contribution in [0.25, 0.3) is 0 Å². The maximum Gasteiger partial charge on any atom is 0.251 e. The van der Waals surface area contributed by atoms with Crippen molar-refractivity contribution in [2.45, 2.75) is 37.6 Å². The molecule has 0 radical (unpaired) electrons. The highest BCUT2D eigenvalue weighted by molar-refractivity contribution is 5.94. The van der Waals surface area contributed by atoms with Crippen molar-refractivity contribution in [2.75, 3.05) is 6.61 Å². The second-order valence-corrected chi connectivity index (χ2v) is 5.14. The van der Waals surface area contributed by atoms with Crippen molar-refractivity contribution in [1.29, 1.82) is 5.26 Å². The molecule has 0 aliphatic heterocycles. The molecular formula is C15H18N2O2. The number of nitrogens with one attached hydrogen (secondary N) is 1. The van der Waals surface area contributed by atoms with Gasteiger partial charge in [0.15, 0.2) is 0 Å². The lowest BCUT2D eigenvalue weighted by atomic mass is 9.82. The van der Waals surface area contributed by atoms with Crippen molar-refractivity contribution in [1.82, 2.24) is 5.32 Å². The number of aliphatic hydroxyl groups is 1.